The van der Waals surface area contributed by atoms with Gasteiger partial charge in [0.1, 0.15) is 16.7 Å². The molecule has 1 N–H and O–H groups in total. The molecular formula is C17H17Cl2NO4S. The molecule has 1 aliphatic heterocycles. The third-order valence-electron chi connectivity index (χ3n) is 4.06. The number of phenols is 1. The topological polar surface area (TPSA) is 66.8 Å². The summed E-state index contributed by atoms with van der Waals surface area (Å²) in [6.45, 7) is 0.590. The van der Waals surface area contributed by atoms with E-state index in [1.54, 1.807) is 0 Å². The van der Waals surface area contributed by atoms with Gasteiger partial charge in [-0.1, -0.05) is 41.4 Å². The zero-order valence-electron chi connectivity index (χ0n) is 13.2. The Morgan fingerprint density at radius 2 is 1.72 bits per heavy atom. The Bertz CT molecular complexity index is 850. The number of benzene rings is 2. The van der Waals surface area contributed by atoms with Crippen LogP contribution in [0.4, 0.5) is 0 Å². The Hall–Kier alpha value is -1.47. The average molecular weight is 402 g/mol. The van der Waals surface area contributed by atoms with E-state index in [0.29, 0.717) is 25.9 Å². The normalized spacial score (nSPS) is 16.7. The van der Waals surface area contributed by atoms with Gasteiger partial charge in [0.05, 0.1) is 5.02 Å². The van der Waals surface area contributed by atoms with Crippen LogP contribution in [0.2, 0.25) is 10.0 Å². The Labute approximate surface area is 156 Å². The number of halogens is 2. The lowest BCUT2D eigenvalue weighted by Crippen LogP contribution is -2.41. The van der Waals surface area contributed by atoms with Crippen LogP contribution >= 0.6 is 23.2 Å². The van der Waals surface area contributed by atoms with Crippen molar-refractivity contribution < 1.29 is 18.3 Å². The first kappa shape index (κ1) is 18.3. The molecule has 0 saturated carbocycles. The van der Waals surface area contributed by atoms with Crippen molar-refractivity contribution in [1.82, 2.24) is 4.31 Å². The predicted molar refractivity (Wildman–Crippen MR) is 97.0 cm³/mol. The van der Waals surface area contributed by atoms with E-state index in [1.807, 2.05) is 30.3 Å². The Kier molecular flexibility index (Phi) is 5.43. The van der Waals surface area contributed by atoms with Gasteiger partial charge in [-0.05, 0) is 37.1 Å². The molecule has 0 spiro atoms. The average Bonchev–Trinajstić information content (AvgIpc) is 2.59. The van der Waals surface area contributed by atoms with E-state index in [9.17, 15) is 13.5 Å². The summed E-state index contributed by atoms with van der Waals surface area (Å²) in [5.41, 5.74) is 0. The van der Waals surface area contributed by atoms with Gasteiger partial charge in [0.15, 0.2) is 5.75 Å². The molecule has 8 heteroatoms. The van der Waals surface area contributed by atoms with Gasteiger partial charge in [0.2, 0.25) is 10.0 Å². The first-order valence-electron chi connectivity index (χ1n) is 7.78. The molecule has 2 aromatic carbocycles. The first-order valence-corrected chi connectivity index (χ1v) is 9.97. The van der Waals surface area contributed by atoms with Crippen molar-refractivity contribution in [1.29, 1.82) is 0 Å². The van der Waals surface area contributed by atoms with Gasteiger partial charge in [-0.25, -0.2) is 8.42 Å². The highest BCUT2D eigenvalue weighted by atomic mass is 35.5. The number of ether oxygens (including phenoxy) is 1. The van der Waals surface area contributed by atoms with Crippen LogP contribution in [-0.4, -0.2) is 37.0 Å². The van der Waals surface area contributed by atoms with Crippen LogP contribution in [0.15, 0.2) is 47.4 Å². The summed E-state index contributed by atoms with van der Waals surface area (Å²) in [5, 5.41) is 10.1. The minimum Gasteiger partial charge on any atom is -0.505 e. The number of rotatable bonds is 4. The van der Waals surface area contributed by atoms with Gasteiger partial charge in [-0.2, -0.15) is 4.31 Å². The second-order valence-electron chi connectivity index (χ2n) is 5.77. The maximum Gasteiger partial charge on any atom is 0.246 e. The molecule has 1 aliphatic rings. The van der Waals surface area contributed by atoms with Crippen molar-refractivity contribution in [3.8, 4) is 11.5 Å². The highest BCUT2D eigenvalue weighted by Crippen LogP contribution is 2.36. The number of nitrogens with zero attached hydrogens (tertiary/aromatic N) is 1. The lowest BCUT2D eigenvalue weighted by atomic mass is 10.1. The van der Waals surface area contributed by atoms with Crippen molar-refractivity contribution in [2.75, 3.05) is 13.1 Å². The van der Waals surface area contributed by atoms with Crippen LogP contribution in [0, 0.1) is 0 Å². The van der Waals surface area contributed by atoms with Gasteiger partial charge in [-0.15, -0.1) is 0 Å². The number of phenolic OH excluding ortho intramolecular Hbond substituents is 1. The maximum atomic E-state index is 12.8. The van der Waals surface area contributed by atoms with E-state index in [0.717, 1.165) is 5.75 Å². The minimum absolute atomic E-state index is 0.0506. The van der Waals surface area contributed by atoms with Gasteiger partial charge in [-0.3, -0.25) is 0 Å². The molecule has 134 valence electrons. The number of sulfonamides is 1. The minimum atomic E-state index is -3.88. The van der Waals surface area contributed by atoms with Crippen LogP contribution in [0.5, 0.6) is 11.5 Å². The highest BCUT2D eigenvalue weighted by Gasteiger charge is 2.32. The van der Waals surface area contributed by atoms with Crippen LogP contribution < -0.4 is 4.74 Å². The molecular weight excluding hydrogens is 385 g/mol. The van der Waals surface area contributed by atoms with Gasteiger partial charge in [0.25, 0.3) is 0 Å². The van der Waals surface area contributed by atoms with Crippen molar-refractivity contribution in [3.63, 3.8) is 0 Å². The van der Waals surface area contributed by atoms with Crippen molar-refractivity contribution in [3.05, 3.63) is 52.5 Å². The Balaban J connectivity index is 1.72. The zero-order valence-corrected chi connectivity index (χ0v) is 15.6. The van der Waals surface area contributed by atoms with Crippen LogP contribution in [0.3, 0.4) is 0 Å². The first-order chi connectivity index (χ1) is 11.9. The number of hydrogen-bond donors (Lipinski definition) is 1. The second kappa shape index (κ2) is 7.41. The molecule has 0 bridgehead atoms. The molecule has 0 amide bonds. The zero-order chi connectivity index (χ0) is 18.0. The Morgan fingerprint density at radius 3 is 2.36 bits per heavy atom. The fourth-order valence-electron chi connectivity index (χ4n) is 2.76. The third kappa shape index (κ3) is 4.03. The quantitative estimate of drug-likeness (QED) is 0.842. The third-order valence-corrected chi connectivity index (χ3v) is 6.48. The Morgan fingerprint density at radius 1 is 1.08 bits per heavy atom. The van der Waals surface area contributed by atoms with E-state index in [1.165, 1.54) is 16.4 Å². The van der Waals surface area contributed by atoms with E-state index in [4.69, 9.17) is 27.9 Å². The number of piperidine rings is 1. The van der Waals surface area contributed by atoms with Crippen LogP contribution in [0.1, 0.15) is 12.8 Å². The summed E-state index contributed by atoms with van der Waals surface area (Å²) >= 11 is 11.7. The standard InChI is InChI=1S/C17H17Cl2NO4S/c18-12-10-15(19)17(21)16(11-12)25(22,23)20-8-6-14(7-9-20)24-13-4-2-1-3-5-13/h1-5,10-11,14,21H,6-9H2. The number of aromatic hydroxyl groups is 1. The maximum absolute atomic E-state index is 12.8. The number of hydrogen-bond acceptors (Lipinski definition) is 4. The molecule has 0 unspecified atom stereocenters. The molecule has 5 nitrogen and oxygen atoms in total. The molecule has 2 aromatic rings. The lowest BCUT2D eigenvalue weighted by Gasteiger charge is -2.31. The van der Waals surface area contributed by atoms with Crippen molar-refractivity contribution in [2.45, 2.75) is 23.8 Å². The van der Waals surface area contributed by atoms with Crippen molar-refractivity contribution >= 4 is 33.2 Å². The number of para-hydroxylation sites is 1. The molecule has 0 aromatic heterocycles. The highest BCUT2D eigenvalue weighted by molar-refractivity contribution is 7.89. The molecule has 0 aliphatic carbocycles. The van der Waals surface area contributed by atoms with E-state index < -0.39 is 15.8 Å². The van der Waals surface area contributed by atoms with Crippen LogP contribution in [-0.2, 0) is 10.0 Å². The van der Waals surface area contributed by atoms with Gasteiger partial charge < -0.3 is 9.84 Å². The van der Waals surface area contributed by atoms with Crippen molar-refractivity contribution in [2.24, 2.45) is 0 Å². The molecule has 1 fully saturated rings. The summed E-state index contributed by atoms with van der Waals surface area (Å²) < 4.78 is 32.8. The molecule has 3 rings (SSSR count). The molecule has 1 heterocycles. The summed E-state index contributed by atoms with van der Waals surface area (Å²) in [4.78, 5) is -0.271. The fraction of sp³-hybridized carbons (Fsp3) is 0.294. The SMILES string of the molecule is O=S(=O)(c1cc(Cl)cc(Cl)c1O)N1CCC(Oc2ccccc2)CC1. The monoisotopic (exact) mass is 401 g/mol. The van der Waals surface area contributed by atoms with Gasteiger partial charge >= 0.3 is 0 Å². The molecule has 1 saturated heterocycles. The largest absolute Gasteiger partial charge is 0.505 e. The second-order valence-corrected chi connectivity index (χ2v) is 8.52. The predicted octanol–water partition coefficient (Wildman–Crippen LogP) is 3.93. The molecule has 0 atom stereocenters. The molecule has 0 radical (unpaired) electrons. The van der Waals surface area contributed by atoms with E-state index in [2.05, 4.69) is 0 Å². The van der Waals surface area contributed by atoms with E-state index >= 15 is 0 Å². The van der Waals surface area contributed by atoms with Gasteiger partial charge in [0, 0.05) is 18.1 Å². The summed E-state index contributed by atoms with van der Waals surface area (Å²) in [6.07, 6.45) is 1.07. The fourth-order valence-corrected chi connectivity index (χ4v) is 4.97. The summed E-state index contributed by atoms with van der Waals surface area (Å²) in [5.74, 6) is 0.289. The molecule has 25 heavy (non-hydrogen) atoms. The van der Waals surface area contributed by atoms with Crippen LogP contribution in [0.25, 0.3) is 0 Å². The smallest absolute Gasteiger partial charge is 0.246 e. The lowest BCUT2D eigenvalue weighted by molar-refractivity contribution is 0.135. The van der Waals surface area contributed by atoms with E-state index in [-0.39, 0.29) is 21.0 Å². The summed E-state index contributed by atoms with van der Waals surface area (Å²) in [6, 6.07) is 11.9. The summed E-state index contributed by atoms with van der Waals surface area (Å²) in [7, 11) is -3.88.